The Kier molecular flexibility index (Phi) is 4.93. The Balaban J connectivity index is 1.63. The number of thiazole rings is 1. The van der Waals surface area contributed by atoms with Gasteiger partial charge in [-0.15, -0.1) is 0 Å². The van der Waals surface area contributed by atoms with E-state index in [0.29, 0.717) is 27.8 Å². The van der Waals surface area contributed by atoms with Gasteiger partial charge in [0, 0.05) is 24.0 Å². The van der Waals surface area contributed by atoms with Crippen LogP contribution in [0.4, 0.5) is 5.69 Å². The second kappa shape index (κ2) is 7.53. The molecule has 4 aromatic rings. The third kappa shape index (κ3) is 3.42. The first kappa shape index (κ1) is 18.3. The van der Waals surface area contributed by atoms with Crippen LogP contribution in [0, 0.1) is 0 Å². The maximum absolute atomic E-state index is 12.8. The number of amides is 1. The van der Waals surface area contributed by atoms with E-state index < -0.39 is 0 Å². The topological polar surface area (TPSA) is 65.4 Å². The summed E-state index contributed by atoms with van der Waals surface area (Å²) in [5.74, 6) is 0.667. The molecule has 0 aliphatic heterocycles. The minimum Gasteiger partial charge on any atom is -0.495 e. The highest BCUT2D eigenvalue weighted by molar-refractivity contribution is 7.20. The Morgan fingerprint density at radius 1 is 1.11 bits per heavy atom. The highest BCUT2D eigenvalue weighted by Gasteiger charge is 2.15. The summed E-state index contributed by atoms with van der Waals surface area (Å²) < 4.78 is 13.4. The lowest BCUT2D eigenvalue weighted by Gasteiger charge is -2.13. The zero-order valence-corrected chi connectivity index (χ0v) is 16.7. The molecule has 0 aliphatic rings. The number of anilines is 1. The van der Waals surface area contributed by atoms with E-state index in [0.717, 1.165) is 15.3 Å². The first-order valence-corrected chi connectivity index (χ1v) is 9.55. The van der Waals surface area contributed by atoms with Crippen molar-refractivity contribution in [3.8, 4) is 16.6 Å². The van der Waals surface area contributed by atoms with Crippen LogP contribution in [0.2, 0.25) is 5.02 Å². The number of halogens is 1. The first-order valence-electron chi connectivity index (χ1n) is 8.36. The number of fused-ring (bicyclic) bond motifs is 1. The van der Waals surface area contributed by atoms with Gasteiger partial charge in [-0.1, -0.05) is 22.9 Å². The van der Waals surface area contributed by atoms with Crippen molar-refractivity contribution in [3.05, 3.63) is 65.4 Å². The predicted molar refractivity (Wildman–Crippen MR) is 111 cm³/mol. The number of nitrogens with one attached hydrogen (secondary N) is 1. The molecule has 28 heavy (non-hydrogen) atoms. The number of methoxy groups -OCH3 is 2. The average Bonchev–Trinajstić information content (AvgIpc) is 3.37. The molecule has 0 unspecified atom stereocenters. The van der Waals surface area contributed by atoms with Crippen molar-refractivity contribution < 1.29 is 14.3 Å². The monoisotopic (exact) mass is 413 g/mol. The molecule has 142 valence electrons. The molecule has 6 nitrogen and oxygen atoms in total. The molecule has 4 rings (SSSR count). The van der Waals surface area contributed by atoms with Gasteiger partial charge in [-0.25, -0.2) is 4.98 Å². The van der Waals surface area contributed by atoms with E-state index in [2.05, 4.69) is 10.3 Å². The van der Waals surface area contributed by atoms with Gasteiger partial charge >= 0.3 is 0 Å². The highest BCUT2D eigenvalue weighted by atomic mass is 35.5. The summed E-state index contributed by atoms with van der Waals surface area (Å²) in [7, 11) is 3.04. The smallest absolute Gasteiger partial charge is 0.255 e. The summed E-state index contributed by atoms with van der Waals surface area (Å²) in [5, 5.41) is 4.07. The minimum absolute atomic E-state index is 0.266. The van der Waals surface area contributed by atoms with Gasteiger partial charge in [0.25, 0.3) is 5.91 Å². The van der Waals surface area contributed by atoms with Crippen LogP contribution in [0.3, 0.4) is 0 Å². The molecule has 0 bridgehead atoms. The number of ether oxygens (including phenoxy) is 2. The normalized spacial score (nSPS) is 10.8. The molecule has 2 heterocycles. The van der Waals surface area contributed by atoms with Crippen LogP contribution in [0.15, 0.2) is 54.9 Å². The number of nitrogens with zero attached hydrogens (tertiary/aromatic N) is 2. The molecular weight excluding hydrogens is 398 g/mol. The van der Waals surface area contributed by atoms with Gasteiger partial charge in [-0.3, -0.25) is 4.79 Å². The molecule has 8 heteroatoms. The van der Waals surface area contributed by atoms with E-state index in [4.69, 9.17) is 21.1 Å². The number of benzene rings is 2. The van der Waals surface area contributed by atoms with Crippen LogP contribution in [-0.4, -0.2) is 29.7 Å². The van der Waals surface area contributed by atoms with Crippen molar-refractivity contribution in [2.24, 2.45) is 0 Å². The molecule has 2 aromatic carbocycles. The van der Waals surface area contributed by atoms with Crippen molar-refractivity contribution >= 4 is 44.7 Å². The number of aromatic nitrogens is 2. The third-order valence-electron chi connectivity index (χ3n) is 4.19. The van der Waals surface area contributed by atoms with E-state index in [1.54, 1.807) is 18.2 Å². The number of carbonyl (C=O) groups excluding carboxylic acids is 1. The Hall–Kier alpha value is -3.03. The van der Waals surface area contributed by atoms with E-state index in [1.165, 1.54) is 25.6 Å². The predicted octanol–water partition coefficient (Wildman–Crippen LogP) is 5.01. The number of rotatable bonds is 5. The standard InChI is InChI=1S/C20H16ClN3O3S/c1-26-16-11-17(27-2)15(10-13(16)21)22-19(25)12-5-6-14-18(9-12)28-20(23-14)24-7-3-4-8-24/h3-11H,1-2H3,(H,22,25). The second-order valence-corrected chi connectivity index (χ2v) is 7.33. The molecule has 0 atom stereocenters. The Bertz CT molecular complexity index is 1160. The summed E-state index contributed by atoms with van der Waals surface area (Å²) in [6.07, 6.45) is 3.87. The lowest BCUT2D eigenvalue weighted by atomic mass is 10.2. The highest BCUT2D eigenvalue weighted by Crippen LogP contribution is 2.36. The third-order valence-corrected chi connectivity index (χ3v) is 5.51. The van der Waals surface area contributed by atoms with Gasteiger partial charge in [-0.05, 0) is 36.4 Å². The van der Waals surface area contributed by atoms with E-state index in [9.17, 15) is 4.79 Å². The van der Waals surface area contributed by atoms with Crippen LogP contribution < -0.4 is 14.8 Å². The molecule has 0 fully saturated rings. The molecule has 1 N–H and O–H groups in total. The largest absolute Gasteiger partial charge is 0.495 e. The maximum atomic E-state index is 12.8. The van der Waals surface area contributed by atoms with Crippen LogP contribution in [0.1, 0.15) is 10.4 Å². The fourth-order valence-electron chi connectivity index (χ4n) is 2.78. The number of hydrogen-bond donors (Lipinski definition) is 1. The Labute approximate surface area is 170 Å². The molecule has 0 aliphatic carbocycles. The number of hydrogen-bond acceptors (Lipinski definition) is 5. The fourth-order valence-corrected chi connectivity index (χ4v) is 3.99. The van der Waals surface area contributed by atoms with Gasteiger partial charge in [0.1, 0.15) is 11.5 Å². The lowest BCUT2D eigenvalue weighted by molar-refractivity contribution is 0.102. The fraction of sp³-hybridized carbons (Fsp3) is 0.100. The molecule has 0 radical (unpaired) electrons. The molecule has 2 aromatic heterocycles. The van der Waals surface area contributed by atoms with E-state index >= 15 is 0 Å². The Morgan fingerprint density at radius 3 is 2.57 bits per heavy atom. The van der Waals surface area contributed by atoms with Gasteiger partial charge in [0.2, 0.25) is 0 Å². The second-order valence-electron chi connectivity index (χ2n) is 5.91. The van der Waals surface area contributed by atoms with Crippen molar-refractivity contribution in [1.82, 2.24) is 9.55 Å². The van der Waals surface area contributed by atoms with Crippen molar-refractivity contribution in [2.75, 3.05) is 19.5 Å². The van der Waals surface area contributed by atoms with Crippen LogP contribution in [0.5, 0.6) is 11.5 Å². The van der Waals surface area contributed by atoms with Gasteiger partial charge in [-0.2, -0.15) is 0 Å². The van der Waals surface area contributed by atoms with Crippen LogP contribution in [-0.2, 0) is 0 Å². The van der Waals surface area contributed by atoms with E-state index in [-0.39, 0.29) is 5.91 Å². The van der Waals surface area contributed by atoms with Crippen LogP contribution >= 0.6 is 22.9 Å². The summed E-state index contributed by atoms with van der Waals surface area (Å²) >= 11 is 7.69. The number of carbonyl (C=O) groups is 1. The summed E-state index contributed by atoms with van der Waals surface area (Å²) in [6, 6.07) is 12.5. The zero-order chi connectivity index (χ0) is 19.7. The lowest BCUT2D eigenvalue weighted by Crippen LogP contribution is -2.12. The minimum atomic E-state index is -0.266. The summed E-state index contributed by atoms with van der Waals surface area (Å²) in [6.45, 7) is 0. The van der Waals surface area contributed by atoms with Gasteiger partial charge in [0.15, 0.2) is 5.13 Å². The molecular formula is C20H16ClN3O3S. The van der Waals surface area contributed by atoms with Crippen molar-refractivity contribution in [3.63, 3.8) is 0 Å². The Morgan fingerprint density at radius 2 is 1.86 bits per heavy atom. The molecule has 0 saturated carbocycles. The molecule has 0 saturated heterocycles. The SMILES string of the molecule is COc1cc(OC)c(NC(=O)c2ccc3nc(-n4cccc4)sc3c2)cc1Cl. The summed E-state index contributed by atoms with van der Waals surface area (Å²) in [4.78, 5) is 17.4. The average molecular weight is 414 g/mol. The first-order chi connectivity index (χ1) is 13.6. The molecule has 0 spiro atoms. The van der Waals surface area contributed by atoms with Gasteiger partial charge < -0.3 is 19.4 Å². The van der Waals surface area contributed by atoms with Crippen LogP contribution in [0.25, 0.3) is 15.3 Å². The zero-order valence-electron chi connectivity index (χ0n) is 15.1. The van der Waals surface area contributed by atoms with Gasteiger partial charge in [0.05, 0.1) is 35.1 Å². The van der Waals surface area contributed by atoms with E-state index in [1.807, 2.05) is 41.2 Å². The summed E-state index contributed by atoms with van der Waals surface area (Å²) in [5.41, 5.74) is 1.83. The quantitative estimate of drug-likeness (QED) is 0.499. The maximum Gasteiger partial charge on any atom is 0.255 e. The molecule has 1 amide bonds. The van der Waals surface area contributed by atoms with Crippen molar-refractivity contribution in [2.45, 2.75) is 0 Å². The van der Waals surface area contributed by atoms with Crippen molar-refractivity contribution in [1.29, 1.82) is 0 Å².